The molecule has 2 atom stereocenters. The van der Waals surface area contributed by atoms with Crippen LogP contribution in [0.3, 0.4) is 0 Å². The Bertz CT molecular complexity index is 913. The average molecular weight is 473 g/mol. The number of alkyl halides is 2. The quantitative estimate of drug-likeness (QED) is 0.657. The molecule has 178 valence electrons. The van der Waals surface area contributed by atoms with Crippen molar-refractivity contribution in [2.45, 2.75) is 55.3 Å². The number of ether oxygens (including phenoxy) is 3. The summed E-state index contributed by atoms with van der Waals surface area (Å²) in [7, 11) is -3.69. The van der Waals surface area contributed by atoms with Gasteiger partial charge in [-0.2, -0.15) is 13.1 Å². The molecule has 5 rings (SSSR count). The molecule has 10 heteroatoms. The first-order valence-corrected chi connectivity index (χ1v) is 12.7. The second-order valence-electron chi connectivity index (χ2n) is 9.63. The maximum atomic E-state index is 13.0. The van der Waals surface area contributed by atoms with E-state index in [0.717, 1.165) is 39.1 Å². The molecular weight excluding hydrogens is 442 g/mol. The first-order valence-electron chi connectivity index (χ1n) is 11.3. The van der Waals surface area contributed by atoms with E-state index in [2.05, 4.69) is 9.64 Å². The number of likely N-dealkylation sites (tertiary alicyclic amines) is 1. The minimum atomic E-state index is -3.69. The highest BCUT2D eigenvalue weighted by molar-refractivity contribution is 7.89. The Hall–Kier alpha value is -1.33. The summed E-state index contributed by atoms with van der Waals surface area (Å²) in [4.78, 5) is 2.64. The number of nitrogens with zero attached hydrogens (tertiary/aromatic N) is 2. The van der Waals surface area contributed by atoms with Crippen LogP contribution >= 0.6 is 0 Å². The van der Waals surface area contributed by atoms with Gasteiger partial charge in [-0.15, -0.1) is 0 Å². The van der Waals surface area contributed by atoms with Crippen LogP contribution in [0.15, 0.2) is 29.2 Å². The predicted octanol–water partition coefficient (Wildman–Crippen LogP) is 2.71. The Morgan fingerprint density at radius 1 is 1.06 bits per heavy atom. The van der Waals surface area contributed by atoms with E-state index in [9.17, 15) is 17.2 Å². The zero-order valence-electron chi connectivity index (χ0n) is 18.0. The molecule has 0 aliphatic carbocycles. The second kappa shape index (κ2) is 8.47. The van der Waals surface area contributed by atoms with Crippen LogP contribution in [0.1, 0.15) is 32.1 Å². The average Bonchev–Trinajstić information content (AvgIpc) is 3.50. The molecule has 0 unspecified atom stereocenters. The van der Waals surface area contributed by atoms with Gasteiger partial charge in [0.15, 0.2) is 0 Å². The van der Waals surface area contributed by atoms with Gasteiger partial charge in [0.05, 0.1) is 23.7 Å². The van der Waals surface area contributed by atoms with Crippen LogP contribution < -0.4 is 4.74 Å². The summed E-state index contributed by atoms with van der Waals surface area (Å²) in [5.74, 6) is -0.0604. The van der Waals surface area contributed by atoms with Crippen molar-refractivity contribution in [3.63, 3.8) is 0 Å². The highest BCUT2D eigenvalue weighted by Gasteiger charge is 2.49. The van der Waals surface area contributed by atoms with Gasteiger partial charge in [0.1, 0.15) is 5.75 Å². The van der Waals surface area contributed by atoms with Gasteiger partial charge in [0, 0.05) is 37.7 Å². The fraction of sp³-hybridized carbons (Fsp3) is 0.727. The Labute approximate surface area is 187 Å². The molecule has 32 heavy (non-hydrogen) atoms. The maximum Gasteiger partial charge on any atom is 0.387 e. The third-order valence-corrected chi connectivity index (χ3v) is 9.59. The van der Waals surface area contributed by atoms with Crippen LogP contribution in [0.4, 0.5) is 8.78 Å². The topological polar surface area (TPSA) is 68.3 Å². The molecule has 4 heterocycles. The van der Waals surface area contributed by atoms with Crippen molar-refractivity contribution in [2.75, 3.05) is 46.0 Å². The van der Waals surface area contributed by atoms with Crippen molar-refractivity contribution in [2.24, 2.45) is 5.41 Å². The normalized spacial score (nSPS) is 31.3. The number of sulfonamides is 1. The van der Waals surface area contributed by atoms with Crippen LogP contribution in [0.2, 0.25) is 0 Å². The molecule has 0 amide bonds. The summed E-state index contributed by atoms with van der Waals surface area (Å²) in [6, 6.07) is 5.53. The van der Waals surface area contributed by atoms with Gasteiger partial charge in [-0.25, -0.2) is 8.42 Å². The van der Waals surface area contributed by atoms with E-state index < -0.39 is 16.6 Å². The van der Waals surface area contributed by atoms with Crippen LogP contribution in [-0.2, 0) is 19.5 Å². The predicted molar refractivity (Wildman–Crippen MR) is 112 cm³/mol. The molecule has 7 nitrogen and oxygen atoms in total. The van der Waals surface area contributed by atoms with Crippen molar-refractivity contribution in [1.82, 2.24) is 9.21 Å². The number of piperidine rings is 1. The van der Waals surface area contributed by atoms with Crippen molar-refractivity contribution in [3.05, 3.63) is 24.3 Å². The second-order valence-corrected chi connectivity index (χ2v) is 11.6. The van der Waals surface area contributed by atoms with Crippen molar-refractivity contribution in [1.29, 1.82) is 0 Å². The van der Waals surface area contributed by atoms with Gasteiger partial charge in [0.25, 0.3) is 0 Å². The molecule has 0 N–H and O–H groups in total. The van der Waals surface area contributed by atoms with Gasteiger partial charge in [-0.3, -0.25) is 4.90 Å². The number of benzene rings is 1. The van der Waals surface area contributed by atoms with Gasteiger partial charge in [0.2, 0.25) is 10.0 Å². The molecule has 4 fully saturated rings. The molecule has 4 aliphatic rings. The monoisotopic (exact) mass is 472 g/mol. The van der Waals surface area contributed by atoms with E-state index in [0.29, 0.717) is 44.0 Å². The molecule has 2 spiro atoms. The molecular formula is C22H30F2N2O5S. The lowest BCUT2D eigenvalue weighted by molar-refractivity contribution is -0.0498. The smallest absolute Gasteiger partial charge is 0.387 e. The largest absolute Gasteiger partial charge is 0.435 e. The first kappa shape index (κ1) is 22.5. The van der Waals surface area contributed by atoms with E-state index in [1.807, 2.05) is 0 Å². The minimum Gasteiger partial charge on any atom is -0.435 e. The molecule has 1 aromatic rings. The zero-order chi connectivity index (χ0) is 22.4. The summed E-state index contributed by atoms with van der Waals surface area (Å²) in [5.41, 5.74) is 0.0661. The van der Waals surface area contributed by atoms with E-state index in [1.54, 1.807) is 0 Å². The van der Waals surface area contributed by atoms with E-state index in [-0.39, 0.29) is 16.2 Å². The van der Waals surface area contributed by atoms with Crippen LogP contribution in [0.25, 0.3) is 0 Å². The minimum absolute atomic E-state index is 0.0604. The number of halogens is 2. The third-order valence-electron chi connectivity index (χ3n) is 7.68. The summed E-state index contributed by atoms with van der Waals surface area (Å²) >= 11 is 0. The van der Waals surface area contributed by atoms with E-state index in [4.69, 9.17) is 9.47 Å². The standard InChI is InChI=1S/C22H30F2N2O5S/c23-20(24)31-18-1-3-19(4-2-18)32(27,28)26-10-6-22(7-11-26)13-17(14-30-22)25-9-5-21(15-25)8-12-29-16-21/h1-4,17,20H,5-16H2/t17-,21+/m1/s1. The molecule has 0 radical (unpaired) electrons. The van der Waals surface area contributed by atoms with Crippen molar-refractivity contribution >= 4 is 10.0 Å². The van der Waals surface area contributed by atoms with E-state index in [1.165, 1.54) is 35.0 Å². The Kier molecular flexibility index (Phi) is 5.94. The maximum absolute atomic E-state index is 13.0. The van der Waals surface area contributed by atoms with Gasteiger partial charge in [-0.1, -0.05) is 0 Å². The van der Waals surface area contributed by atoms with Gasteiger partial charge >= 0.3 is 6.61 Å². The van der Waals surface area contributed by atoms with Crippen LogP contribution in [0, 0.1) is 5.41 Å². The lowest BCUT2D eigenvalue weighted by atomic mass is 9.86. The lowest BCUT2D eigenvalue weighted by Crippen LogP contribution is -2.47. The summed E-state index contributed by atoms with van der Waals surface area (Å²) in [6.45, 7) is 2.43. The zero-order valence-corrected chi connectivity index (χ0v) is 18.9. The SMILES string of the molecule is O=S(=O)(c1ccc(OC(F)F)cc1)N1CCC2(CC1)C[C@@H](N1CC[C@]3(CCOC3)C1)CO2. The highest BCUT2D eigenvalue weighted by Crippen LogP contribution is 2.44. The Morgan fingerprint density at radius 2 is 1.81 bits per heavy atom. The molecule has 1 aromatic carbocycles. The highest BCUT2D eigenvalue weighted by atomic mass is 32.2. The fourth-order valence-electron chi connectivity index (χ4n) is 5.73. The van der Waals surface area contributed by atoms with Crippen molar-refractivity contribution < 1.29 is 31.4 Å². The van der Waals surface area contributed by atoms with Crippen LogP contribution in [-0.4, -0.2) is 81.9 Å². The lowest BCUT2D eigenvalue weighted by Gasteiger charge is -2.38. The Balaban J connectivity index is 1.18. The van der Waals surface area contributed by atoms with Crippen LogP contribution in [0.5, 0.6) is 5.75 Å². The first-order chi connectivity index (χ1) is 15.3. The fourth-order valence-corrected chi connectivity index (χ4v) is 7.17. The molecule has 0 bridgehead atoms. The number of hydrogen-bond donors (Lipinski definition) is 0. The summed E-state index contributed by atoms with van der Waals surface area (Å²) < 4.78 is 68.4. The van der Waals surface area contributed by atoms with Gasteiger partial charge < -0.3 is 14.2 Å². The summed E-state index contributed by atoms with van der Waals surface area (Å²) in [6.07, 6.45) is 4.60. The number of hydrogen-bond acceptors (Lipinski definition) is 6. The van der Waals surface area contributed by atoms with Crippen molar-refractivity contribution in [3.8, 4) is 5.75 Å². The molecule has 0 saturated carbocycles. The van der Waals surface area contributed by atoms with E-state index >= 15 is 0 Å². The summed E-state index contributed by atoms with van der Waals surface area (Å²) in [5, 5.41) is 0. The Morgan fingerprint density at radius 3 is 2.47 bits per heavy atom. The molecule has 0 aromatic heterocycles. The van der Waals surface area contributed by atoms with Gasteiger partial charge in [-0.05, 0) is 62.9 Å². The molecule has 4 aliphatic heterocycles. The third kappa shape index (κ3) is 4.27. The molecule has 4 saturated heterocycles. The number of rotatable bonds is 5.